The van der Waals surface area contributed by atoms with Gasteiger partial charge in [-0.3, -0.25) is 14.4 Å². The first-order valence-corrected chi connectivity index (χ1v) is 11.8. The van der Waals surface area contributed by atoms with E-state index in [0.29, 0.717) is 42.7 Å². The van der Waals surface area contributed by atoms with Gasteiger partial charge in [0.15, 0.2) is 9.84 Å². The highest BCUT2D eigenvalue weighted by Crippen LogP contribution is 2.19. The van der Waals surface area contributed by atoms with E-state index in [4.69, 9.17) is 5.73 Å². The van der Waals surface area contributed by atoms with E-state index in [2.05, 4.69) is 5.32 Å². The number of primary amides is 1. The Bertz CT molecular complexity index is 1040. The third-order valence-electron chi connectivity index (χ3n) is 5.18. The Morgan fingerprint density at radius 3 is 2.16 bits per heavy atom. The average Bonchev–Trinajstić information content (AvgIpc) is 2.73. The van der Waals surface area contributed by atoms with Crippen LogP contribution in [-0.4, -0.2) is 49.9 Å². The molecule has 0 spiro atoms. The SMILES string of the molecule is NC(=O)C1CCN(C(=O)c2ccc(CS(=O)(=O)CC(=O)Nc3ccccc3)cc2)CC1. The Balaban J connectivity index is 1.55. The van der Waals surface area contributed by atoms with Gasteiger partial charge in [-0.1, -0.05) is 30.3 Å². The van der Waals surface area contributed by atoms with Crippen molar-refractivity contribution in [1.82, 2.24) is 4.90 Å². The second-order valence-electron chi connectivity index (χ2n) is 7.61. The number of anilines is 1. The number of hydrogen-bond acceptors (Lipinski definition) is 5. The summed E-state index contributed by atoms with van der Waals surface area (Å²) in [5.74, 6) is -2.23. The van der Waals surface area contributed by atoms with Crippen molar-refractivity contribution in [3.8, 4) is 0 Å². The number of piperidine rings is 1. The summed E-state index contributed by atoms with van der Waals surface area (Å²) in [7, 11) is -3.67. The number of nitrogens with two attached hydrogens (primary N) is 1. The van der Waals surface area contributed by atoms with E-state index < -0.39 is 21.5 Å². The lowest BCUT2D eigenvalue weighted by atomic mass is 9.96. The van der Waals surface area contributed by atoms with Crippen LogP contribution in [0.2, 0.25) is 0 Å². The zero-order valence-electron chi connectivity index (χ0n) is 17.0. The summed E-state index contributed by atoms with van der Waals surface area (Å²) in [4.78, 5) is 37.6. The Morgan fingerprint density at radius 2 is 1.58 bits per heavy atom. The Hall–Kier alpha value is -3.20. The van der Waals surface area contributed by atoms with Gasteiger partial charge in [-0.15, -0.1) is 0 Å². The molecule has 0 aromatic heterocycles. The molecular weight excluding hydrogens is 418 g/mol. The number of sulfone groups is 1. The third-order valence-corrected chi connectivity index (χ3v) is 6.66. The quantitative estimate of drug-likeness (QED) is 0.672. The fourth-order valence-corrected chi connectivity index (χ4v) is 4.79. The molecule has 0 aliphatic carbocycles. The Kier molecular flexibility index (Phi) is 7.06. The molecule has 2 aromatic carbocycles. The zero-order valence-corrected chi connectivity index (χ0v) is 17.8. The summed E-state index contributed by atoms with van der Waals surface area (Å²) in [6, 6.07) is 15.0. The van der Waals surface area contributed by atoms with Gasteiger partial charge in [-0.25, -0.2) is 8.42 Å². The van der Waals surface area contributed by atoms with Crippen molar-refractivity contribution in [1.29, 1.82) is 0 Å². The van der Waals surface area contributed by atoms with Crippen molar-refractivity contribution in [3.63, 3.8) is 0 Å². The minimum absolute atomic E-state index is 0.167. The fourth-order valence-electron chi connectivity index (χ4n) is 3.52. The van der Waals surface area contributed by atoms with Gasteiger partial charge in [0.05, 0.1) is 5.75 Å². The minimum Gasteiger partial charge on any atom is -0.369 e. The van der Waals surface area contributed by atoms with E-state index in [9.17, 15) is 22.8 Å². The number of amides is 3. The van der Waals surface area contributed by atoms with Crippen LogP contribution in [0.15, 0.2) is 54.6 Å². The number of carbonyl (C=O) groups is 3. The van der Waals surface area contributed by atoms with Gasteiger partial charge in [0, 0.05) is 30.3 Å². The largest absolute Gasteiger partial charge is 0.369 e. The van der Waals surface area contributed by atoms with Crippen LogP contribution in [-0.2, 0) is 25.2 Å². The molecule has 1 aliphatic heterocycles. The third kappa shape index (κ3) is 6.39. The molecule has 1 saturated heterocycles. The molecule has 3 N–H and O–H groups in total. The first kappa shape index (κ1) is 22.5. The lowest BCUT2D eigenvalue weighted by Crippen LogP contribution is -2.41. The number of hydrogen-bond donors (Lipinski definition) is 2. The second kappa shape index (κ2) is 9.74. The lowest BCUT2D eigenvalue weighted by molar-refractivity contribution is -0.123. The number of rotatable bonds is 7. The number of likely N-dealkylation sites (tertiary alicyclic amines) is 1. The molecular formula is C22H25N3O5S. The monoisotopic (exact) mass is 443 g/mol. The molecule has 0 atom stereocenters. The van der Waals surface area contributed by atoms with E-state index in [1.807, 2.05) is 0 Å². The van der Waals surface area contributed by atoms with Crippen LogP contribution in [0.5, 0.6) is 0 Å². The molecule has 2 aromatic rings. The number of benzene rings is 2. The standard InChI is InChI=1S/C22H25N3O5S/c23-21(27)17-10-12-25(13-11-17)22(28)18-8-6-16(7-9-18)14-31(29,30)15-20(26)24-19-4-2-1-3-5-19/h1-9,17H,10-15H2,(H2,23,27)(H,24,26). The highest BCUT2D eigenvalue weighted by molar-refractivity contribution is 7.91. The molecule has 9 heteroatoms. The van der Waals surface area contributed by atoms with E-state index >= 15 is 0 Å². The molecule has 0 radical (unpaired) electrons. The zero-order chi connectivity index (χ0) is 22.4. The maximum Gasteiger partial charge on any atom is 0.253 e. The molecule has 3 amide bonds. The van der Waals surface area contributed by atoms with Crippen LogP contribution in [0.1, 0.15) is 28.8 Å². The predicted molar refractivity (Wildman–Crippen MR) is 117 cm³/mol. The smallest absolute Gasteiger partial charge is 0.253 e. The molecule has 0 saturated carbocycles. The molecule has 0 unspecified atom stereocenters. The molecule has 1 aliphatic rings. The molecule has 3 rings (SSSR count). The molecule has 0 bridgehead atoms. The Morgan fingerprint density at radius 1 is 0.968 bits per heavy atom. The van der Waals surface area contributed by atoms with Crippen molar-refractivity contribution >= 4 is 33.2 Å². The van der Waals surface area contributed by atoms with Crippen LogP contribution in [0.4, 0.5) is 5.69 Å². The highest BCUT2D eigenvalue weighted by Gasteiger charge is 2.26. The van der Waals surface area contributed by atoms with Gasteiger partial charge in [-0.2, -0.15) is 0 Å². The van der Waals surface area contributed by atoms with E-state index in [0.717, 1.165) is 0 Å². The number of para-hydroxylation sites is 1. The summed E-state index contributed by atoms with van der Waals surface area (Å²) >= 11 is 0. The maximum atomic E-state index is 12.6. The summed E-state index contributed by atoms with van der Waals surface area (Å²) in [5, 5.41) is 2.56. The molecule has 164 valence electrons. The van der Waals surface area contributed by atoms with Crippen LogP contribution in [0.3, 0.4) is 0 Å². The maximum absolute atomic E-state index is 12.6. The molecule has 1 fully saturated rings. The van der Waals surface area contributed by atoms with Gasteiger partial charge < -0.3 is 16.0 Å². The minimum atomic E-state index is -3.67. The van der Waals surface area contributed by atoms with Crippen molar-refractivity contribution < 1.29 is 22.8 Å². The molecule has 31 heavy (non-hydrogen) atoms. The number of carbonyl (C=O) groups excluding carboxylic acids is 3. The van der Waals surface area contributed by atoms with Gasteiger partial charge in [0.2, 0.25) is 11.8 Å². The summed E-state index contributed by atoms with van der Waals surface area (Å²) < 4.78 is 24.8. The topological polar surface area (TPSA) is 127 Å². The Labute approximate surface area is 181 Å². The van der Waals surface area contributed by atoms with E-state index in [1.165, 1.54) is 0 Å². The van der Waals surface area contributed by atoms with Crippen LogP contribution >= 0.6 is 0 Å². The van der Waals surface area contributed by atoms with Gasteiger partial charge in [0.25, 0.3) is 5.91 Å². The van der Waals surface area contributed by atoms with E-state index in [1.54, 1.807) is 59.5 Å². The predicted octanol–water partition coefficient (Wildman–Crippen LogP) is 1.58. The van der Waals surface area contributed by atoms with Gasteiger partial charge in [0.1, 0.15) is 5.75 Å². The highest BCUT2D eigenvalue weighted by atomic mass is 32.2. The van der Waals surface area contributed by atoms with Crippen LogP contribution < -0.4 is 11.1 Å². The van der Waals surface area contributed by atoms with Crippen LogP contribution in [0, 0.1) is 5.92 Å². The van der Waals surface area contributed by atoms with Gasteiger partial charge in [-0.05, 0) is 42.7 Å². The summed E-state index contributed by atoms with van der Waals surface area (Å²) in [6.45, 7) is 0.915. The fraction of sp³-hybridized carbons (Fsp3) is 0.318. The summed E-state index contributed by atoms with van der Waals surface area (Å²) in [5.41, 5.74) is 6.79. The first-order valence-electron chi connectivity index (χ1n) is 9.96. The van der Waals surface area contributed by atoms with Crippen molar-refractivity contribution in [2.45, 2.75) is 18.6 Å². The number of nitrogens with zero attached hydrogens (tertiary/aromatic N) is 1. The molecule has 8 nitrogen and oxygen atoms in total. The average molecular weight is 444 g/mol. The normalized spacial score (nSPS) is 14.8. The second-order valence-corrected chi connectivity index (χ2v) is 9.68. The first-order chi connectivity index (χ1) is 14.7. The van der Waals surface area contributed by atoms with Gasteiger partial charge >= 0.3 is 0 Å². The molecule has 1 heterocycles. The van der Waals surface area contributed by atoms with Crippen molar-refractivity contribution in [3.05, 3.63) is 65.7 Å². The van der Waals surface area contributed by atoms with Crippen molar-refractivity contribution in [2.75, 3.05) is 24.2 Å². The van der Waals surface area contributed by atoms with Crippen molar-refractivity contribution in [2.24, 2.45) is 11.7 Å². The lowest BCUT2D eigenvalue weighted by Gasteiger charge is -2.30. The van der Waals surface area contributed by atoms with E-state index in [-0.39, 0.29) is 23.5 Å². The summed E-state index contributed by atoms with van der Waals surface area (Å²) in [6.07, 6.45) is 1.09. The number of nitrogens with one attached hydrogen (secondary N) is 1. The van der Waals surface area contributed by atoms with Crippen LogP contribution in [0.25, 0.3) is 0 Å².